The van der Waals surface area contributed by atoms with Gasteiger partial charge in [-0.15, -0.1) is 0 Å². The number of benzene rings is 1. The van der Waals surface area contributed by atoms with Crippen LogP contribution in [-0.4, -0.2) is 30.1 Å². The number of ether oxygens (including phenoxy) is 2. The van der Waals surface area contributed by atoms with Crippen LogP contribution in [0.1, 0.15) is 18.6 Å². The van der Waals surface area contributed by atoms with Crippen LogP contribution in [0.4, 0.5) is 0 Å². The van der Waals surface area contributed by atoms with Gasteiger partial charge in [-0.1, -0.05) is 69.6 Å². The minimum atomic E-state index is -1.86. The molecule has 130 valence electrons. The first kappa shape index (κ1) is 21.0. The number of hydrogen-bond acceptors (Lipinski definition) is 4. The molecule has 0 spiro atoms. The standard InChI is InChI=1S/C10H6Cl6O3.C2H4O2/c11-9(12,13)7-5-3-4(17)1-2-6(5)18-8(19-7)10(14,15)16;1-2(3)4/h1-3,7-8,17H;1H3,(H,3,4). The molecule has 1 heterocycles. The molecule has 2 atom stereocenters. The minimum absolute atomic E-state index is 0.0301. The molecule has 5 nitrogen and oxygen atoms in total. The zero-order chi connectivity index (χ0) is 18.0. The number of aliphatic carboxylic acids is 1. The summed E-state index contributed by atoms with van der Waals surface area (Å²) in [6.45, 7) is 1.08. The van der Waals surface area contributed by atoms with Gasteiger partial charge in [-0.05, 0) is 18.2 Å². The molecule has 2 unspecified atom stereocenters. The highest BCUT2D eigenvalue weighted by Gasteiger charge is 2.48. The summed E-state index contributed by atoms with van der Waals surface area (Å²) in [7, 11) is 0. The Morgan fingerprint density at radius 1 is 1.13 bits per heavy atom. The van der Waals surface area contributed by atoms with Crippen LogP contribution in [0, 0.1) is 0 Å². The van der Waals surface area contributed by atoms with Crippen molar-refractivity contribution in [1.82, 2.24) is 0 Å². The molecule has 2 rings (SSSR count). The lowest BCUT2D eigenvalue weighted by Gasteiger charge is -2.38. The maximum absolute atomic E-state index is 9.48. The topological polar surface area (TPSA) is 76.0 Å². The van der Waals surface area contributed by atoms with E-state index in [-0.39, 0.29) is 5.75 Å². The minimum Gasteiger partial charge on any atom is -0.508 e. The zero-order valence-electron chi connectivity index (χ0n) is 11.3. The van der Waals surface area contributed by atoms with Gasteiger partial charge in [-0.25, -0.2) is 0 Å². The van der Waals surface area contributed by atoms with Crippen LogP contribution in [0.5, 0.6) is 11.5 Å². The van der Waals surface area contributed by atoms with Crippen LogP contribution in [0.25, 0.3) is 0 Å². The normalized spacial score (nSPS) is 20.7. The Kier molecular flexibility index (Phi) is 7.24. The van der Waals surface area contributed by atoms with E-state index in [1.807, 2.05) is 0 Å². The molecule has 0 radical (unpaired) electrons. The number of aromatic hydroxyl groups is 1. The fourth-order valence-electron chi connectivity index (χ4n) is 1.59. The number of carboxylic acids is 1. The van der Waals surface area contributed by atoms with E-state index in [0.717, 1.165) is 6.92 Å². The van der Waals surface area contributed by atoms with E-state index < -0.39 is 25.9 Å². The highest BCUT2D eigenvalue weighted by atomic mass is 35.6. The molecule has 1 aromatic rings. The average molecular weight is 447 g/mol. The molecule has 1 aliphatic rings. The monoisotopic (exact) mass is 444 g/mol. The van der Waals surface area contributed by atoms with Crippen LogP contribution in [-0.2, 0) is 9.53 Å². The second kappa shape index (κ2) is 7.91. The van der Waals surface area contributed by atoms with Crippen LogP contribution in [0.3, 0.4) is 0 Å². The summed E-state index contributed by atoms with van der Waals surface area (Å²) < 4.78 is 7.07. The molecule has 0 saturated heterocycles. The van der Waals surface area contributed by atoms with Crippen molar-refractivity contribution >= 4 is 75.6 Å². The average Bonchev–Trinajstić information content (AvgIpc) is 2.34. The van der Waals surface area contributed by atoms with Gasteiger partial charge in [0.25, 0.3) is 9.76 Å². The first-order valence-electron chi connectivity index (χ1n) is 5.80. The Bertz CT molecular complexity index is 564. The van der Waals surface area contributed by atoms with Gasteiger partial charge in [0.05, 0.1) is 0 Å². The Morgan fingerprint density at radius 3 is 2.09 bits per heavy atom. The number of phenolic OH excluding ortho intramolecular Hbond substituents is 1. The number of carbonyl (C=O) groups is 1. The maximum Gasteiger partial charge on any atom is 0.300 e. The Balaban J connectivity index is 0.000000593. The van der Waals surface area contributed by atoms with Crippen LogP contribution in [0.15, 0.2) is 18.2 Å². The van der Waals surface area contributed by atoms with E-state index in [9.17, 15) is 5.11 Å². The smallest absolute Gasteiger partial charge is 0.300 e. The van der Waals surface area contributed by atoms with E-state index in [4.69, 9.17) is 89.0 Å². The van der Waals surface area contributed by atoms with Gasteiger partial charge in [0, 0.05) is 12.5 Å². The second-order valence-corrected chi connectivity index (χ2v) is 9.03. The van der Waals surface area contributed by atoms with E-state index in [1.165, 1.54) is 18.2 Å². The number of fused-ring (bicyclic) bond motifs is 1. The Labute approximate surface area is 161 Å². The third-order valence-electron chi connectivity index (χ3n) is 2.33. The van der Waals surface area contributed by atoms with Crippen molar-refractivity contribution in [2.45, 2.75) is 26.9 Å². The molecular formula is C12H10Cl6O5. The maximum atomic E-state index is 9.48. The highest BCUT2D eigenvalue weighted by Crippen LogP contribution is 2.51. The first-order valence-corrected chi connectivity index (χ1v) is 8.07. The van der Waals surface area contributed by atoms with Gasteiger partial charge in [-0.2, -0.15) is 0 Å². The predicted molar refractivity (Wildman–Crippen MR) is 90.2 cm³/mol. The summed E-state index contributed by atoms with van der Waals surface area (Å²) in [5, 5.41) is 16.9. The molecule has 11 heteroatoms. The van der Waals surface area contributed by atoms with Crippen molar-refractivity contribution in [1.29, 1.82) is 0 Å². The fourth-order valence-corrected chi connectivity index (χ4v) is 2.38. The lowest BCUT2D eigenvalue weighted by atomic mass is 10.1. The third kappa shape index (κ3) is 6.42. The lowest BCUT2D eigenvalue weighted by Crippen LogP contribution is -2.42. The summed E-state index contributed by atoms with van der Waals surface area (Å²) >= 11 is 34.7. The van der Waals surface area contributed by atoms with Gasteiger partial charge >= 0.3 is 0 Å². The van der Waals surface area contributed by atoms with Crippen molar-refractivity contribution in [2.24, 2.45) is 0 Å². The molecule has 1 aromatic carbocycles. The number of halogens is 6. The number of carboxylic acid groups (broad SMARTS) is 1. The van der Waals surface area contributed by atoms with Crippen LogP contribution >= 0.6 is 69.6 Å². The number of hydrogen-bond donors (Lipinski definition) is 2. The van der Waals surface area contributed by atoms with Crippen molar-refractivity contribution in [2.75, 3.05) is 0 Å². The first-order chi connectivity index (χ1) is 10.3. The molecule has 0 saturated carbocycles. The third-order valence-corrected chi connectivity index (χ3v) is 3.46. The quantitative estimate of drug-likeness (QED) is 0.548. The molecule has 0 aromatic heterocycles. The summed E-state index contributed by atoms with van der Waals surface area (Å²) in [4.78, 5) is 9.00. The molecule has 1 aliphatic heterocycles. The SMILES string of the molecule is CC(=O)O.Oc1ccc2c(c1)C(C(Cl)(Cl)Cl)OC(C(Cl)(Cl)Cl)O2. The number of phenols is 1. The van der Waals surface area contributed by atoms with E-state index in [0.29, 0.717) is 11.3 Å². The summed E-state index contributed by atoms with van der Waals surface area (Å²) in [5.41, 5.74) is 0.352. The second-order valence-electron chi connectivity index (χ2n) is 4.29. The van der Waals surface area contributed by atoms with Crippen LogP contribution < -0.4 is 4.74 Å². The van der Waals surface area contributed by atoms with E-state index in [1.54, 1.807) is 0 Å². The number of rotatable bonds is 0. The summed E-state index contributed by atoms with van der Waals surface area (Å²) in [5.74, 6) is -0.561. The van der Waals surface area contributed by atoms with Crippen molar-refractivity contribution in [3.63, 3.8) is 0 Å². The van der Waals surface area contributed by atoms with Crippen molar-refractivity contribution < 1.29 is 24.5 Å². The lowest BCUT2D eigenvalue weighted by molar-refractivity contribution is -0.136. The molecule has 23 heavy (non-hydrogen) atoms. The van der Waals surface area contributed by atoms with Crippen molar-refractivity contribution in [3.8, 4) is 11.5 Å². The van der Waals surface area contributed by atoms with Gasteiger partial charge in [-0.3, -0.25) is 4.79 Å². The van der Waals surface area contributed by atoms with Gasteiger partial charge < -0.3 is 19.7 Å². The predicted octanol–water partition coefficient (Wildman–Crippen LogP) is 5.00. The molecule has 2 N–H and O–H groups in total. The van der Waals surface area contributed by atoms with Crippen LogP contribution in [0.2, 0.25) is 0 Å². The summed E-state index contributed by atoms with van der Waals surface area (Å²) in [6.07, 6.45) is -2.29. The fraction of sp³-hybridized carbons (Fsp3) is 0.417. The molecule has 0 amide bonds. The Morgan fingerprint density at radius 2 is 1.65 bits per heavy atom. The van der Waals surface area contributed by atoms with Gasteiger partial charge in [0.1, 0.15) is 17.6 Å². The van der Waals surface area contributed by atoms with Crippen molar-refractivity contribution in [3.05, 3.63) is 23.8 Å². The zero-order valence-corrected chi connectivity index (χ0v) is 15.8. The molecule has 0 bridgehead atoms. The highest BCUT2D eigenvalue weighted by molar-refractivity contribution is 6.68. The largest absolute Gasteiger partial charge is 0.508 e. The van der Waals surface area contributed by atoms with E-state index >= 15 is 0 Å². The molecule has 0 aliphatic carbocycles. The summed E-state index contributed by atoms with van der Waals surface area (Å²) in [6, 6.07) is 4.23. The molecule has 0 fully saturated rings. The Hall–Kier alpha value is -0.01000. The molecular weight excluding hydrogens is 437 g/mol. The number of alkyl halides is 6. The van der Waals surface area contributed by atoms with E-state index in [2.05, 4.69) is 0 Å². The van der Waals surface area contributed by atoms with Gasteiger partial charge in [0.15, 0.2) is 0 Å². The van der Waals surface area contributed by atoms with Gasteiger partial charge in [0.2, 0.25) is 10.1 Å².